The maximum absolute atomic E-state index is 10.6. The van der Waals surface area contributed by atoms with Crippen molar-refractivity contribution in [3.63, 3.8) is 0 Å². The molecule has 5 N–H and O–H groups in total. The van der Waals surface area contributed by atoms with E-state index in [2.05, 4.69) is 11.9 Å². The van der Waals surface area contributed by atoms with Crippen LogP contribution in [0.4, 0.5) is 0 Å². The highest BCUT2D eigenvalue weighted by atomic mass is 16.1. The molecule has 0 unspecified atom stereocenters. The summed E-state index contributed by atoms with van der Waals surface area (Å²) < 4.78 is 0. The van der Waals surface area contributed by atoms with Crippen molar-refractivity contribution in [2.75, 3.05) is 6.54 Å². The van der Waals surface area contributed by atoms with Crippen molar-refractivity contribution >= 4 is 5.91 Å². The predicted molar refractivity (Wildman–Crippen MR) is 39.7 cm³/mol. The molecule has 0 saturated carbocycles. The molecule has 0 aliphatic heterocycles. The zero-order valence-corrected chi connectivity index (χ0v) is 5.63. The van der Waals surface area contributed by atoms with E-state index in [9.17, 15) is 4.79 Å². The number of nitrogens with one attached hydrogen (secondary N) is 1. The summed E-state index contributed by atoms with van der Waals surface area (Å²) in [4.78, 5) is 10.6. The lowest BCUT2D eigenvalue weighted by Gasteiger charge is -1.94. The van der Waals surface area contributed by atoms with Gasteiger partial charge in [0.15, 0.2) is 0 Å². The van der Waals surface area contributed by atoms with Crippen LogP contribution < -0.4 is 16.8 Å². The maximum Gasteiger partial charge on any atom is 0.249 e. The summed E-state index contributed by atoms with van der Waals surface area (Å²) in [5.41, 5.74) is 10.7. The lowest BCUT2D eigenvalue weighted by Crippen LogP contribution is -2.18. The summed E-state index contributed by atoms with van der Waals surface area (Å²) in [6.45, 7) is 3.49. The van der Waals surface area contributed by atoms with Gasteiger partial charge in [0.25, 0.3) is 0 Å². The second-order valence-electron chi connectivity index (χ2n) is 1.64. The number of rotatable bonds is 3. The molecule has 0 aromatic carbocycles. The summed E-state index contributed by atoms with van der Waals surface area (Å²) in [6, 6.07) is 0. The Labute approximate surface area is 59.6 Å². The fourth-order valence-electron chi connectivity index (χ4n) is 0.370. The molecule has 0 aliphatic carbocycles. The number of hydrogen-bond acceptors (Lipinski definition) is 3. The second-order valence-corrected chi connectivity index (χ2v) is 1.64. The molecule has 0 spiro atoms. The number of amides is 1. The van der Waals surface area contributed by atoms with E-state index in [0.29, 0.717) is 5.70 Å². The first-order valence-electron chi connectivity index (χ1n) is 2.78. The van der Waals surface area contributed by atoms with Gasteiger partial charge in [0, 0.05) is 18.3 Å². The third-order valence-corrected chi connectivity index (χ3v) is 0.797. The van der Waals surface area contributed by atoms with E-state index in [-0.39, 0.29) is 12.5 Å². The Morgan fingerprint density at radius 2 is 2.30 bits per heavy atom. The van der Waals surface area contributed by atoms with E-state index in [1.54, 1.807) is 0 Å². The lowest BCUT2D eigenvalue weighted by molar-refractivity contribution is -0.115. The van der Waals surface area contributed by atoms with Gasteiger partial charge in [-0.25, -0.2) is 0 Å². The highest BCUT2D eigenvalue weighted by Gasteiger charge is 1.91. The van der Waals surface area contributed by atoms with Gasteiger partial charge < -0.3 is 16.8 Å². The van der Waals surface area contributed by atoms with Crippen LogP contribution in [0.3, 0.4) is 0 Å². The molecular weight excluding hydrogens is 130 g/mol. The molecule has 1 amide bonds. The van der Waals surface area contributed by atoms with Gasteiger partial charge in [-0.1, -0.05) is 6.58 Å². The van der Waals surface area contributed by atoms with Crippen LogP contribution in [0.1, 0.15) is 0 Å². The van der Waals surface area contributed by atoms with Gasteiger partial charge in [-0.3, -0.25) is 4.79 Å². The van der Waals surface area contributed by atoms with Crippen molar-refractivity contribution in [2.24, 2.45) is 11.5 Å². The first-order chi connectivity index (χ1) is 4.70. The minimum absolute atomic E-state index is 0.185. The van der Waals surface area contributed by atoms with Crippen LogP contribution in [0, 0.1) is 0 Å². The second kappa shape index (κ2) is 4.58. The highest BCUT2D eigenvalue weighted by molar-refractivity contribution is 5.88. The molecule has 0 rings (SSSR count). The molecule has 0 aromatic rings. The van der Waals surface area contributed by atoms with E-state index < -0.39 is 0 Å². The minimum Gasteiger partial charge on any atom is -0.401 e. The third-order valence-electron chi connectivity index (χ3n) is 0.797. The molecule has 10 heavy (non-hydrogen) atoms. The van der Waals surface area contributed by atoms with Gasteiger partial charge in [-0.15, -0.1) is 0 Å². The Kier molecular flexibility index (Phi) is 3.99. The maximum atomic E-state index is 10.6. The molecule has 4 nitrogen and oxygen atoms in total. The quantitative estimate of drug-likeness (QED) is 0.443. The smallest absolute Gasteiger partial charge is 0.249 e. The summed E-state index contributed by atoms with van der Waals surface area (Å²) in [5, 5.41) is 2.32. The minimum atomic E-state index is -0.307. The van der Waals surface area contributed by atoms with Gasteiger partial charge in [0.1, 0.15) is 0 Å². The van der Waals surface area contributed by atoms with Crippen LogP contribution in [-0.2, 0) is 4.79 Å². The van der Waals surface area contributed by atoms with E-state index >= 15 is 0 Å². The number of carbonyl (C=O) groups excluding carboxylic acids is 1. The van der Waals surface area contributed by atoms with Crippen LogP contribution in [0.2, 0.25) is 0 Å². The Hall–Kier alpha value is -1.29. The summed E-state index contributed by atoms with van der Waals surface area (Å²) in [5.74, 6) is -0.307. The molecule has 0 bridgehead atoms. The topological polar surface area (TPSA) is 81.1 Å². The van der Waals surface area contributed by atoms with E-state index in [4.69, 9.17) is 11.5 Å². The average Bonchev–Trinajstić information content (AvgIpc) is 1.88. The molecular formula is C6H11N3O. The molecule has 56 valence electrons. The fourth-order valence-corrected chi connectivity index (χ4v) is 0.370. The van der Waals surface area contributed by atoms with Crippen LogP contribution in [-0.4, -0.2) is 12.5 Å². The predicted octanol–water partition coefficient (Wildman–Crippen LogP) is -0.953. The Morgan fingerprint density at radius 1 is 1.70 bits per heavy atom. The lowest BCUT2D eigenvalue weighted by atomic mass is 10.4. The van der Waals surface area contributed by atoms with Gasteiger partial charge in [0.2, 0.25) is 5.91 Å². The van der Waals surface area contributed by atoms with Crippen molar-refractivity contribution in [3.8, 4) is 0 Å². The van der Waals surface area contributed by atoms with Gasteiger partial charge in [-0.05, 0) is 6.20 Å². The van der Waals surface area contributed by atoms with Crippen molar-refractivity contribution in [1.29, 1.82) is 0 Å². The highest BCUT2D eigenvalue weighted by Crippen LogP contribution is 1.77. The van der Waals surface area contributed by atoms with Crippen molar-refractivity contribution in [3.05, 3.63) is 24.6 Å². The first-order valence-corrected chi connectivity index (χ1v) is 2.78. The normalized spacial score (nSPS) is 10.7. The largest absolute Gasteiger partial charge is 0.401 e. The Balaban J connectivity index is 3.86. The summed E-state index contributed by atoms with van der Waals surface area (Å²) in [6.07, 6.45) is 2.50. The standard InChI is InChI=1S/C6H11N3O/c1-2-9-6(10)3-5(8)4-7/h2-3H,1,4,7-8H2,(H,9,10)/b5-3-. The molecule has 0 atom stereocenters. The van der Waals surface area contributed by atoms with Gasteiger partial charge in [-0.2, -0.15) is 0 Å². The number of nitrogens with two attached hydrogens (primary N) is 2. The molecule has 0 aliphatic rings. The molecule has 0 fully saturated rings. The zero-order chi connectivity index (χ0) is 7.98. The molecule has 0 aromatic heterocycles. The van der Waals surface area contributed by atoms with Gasteiger partial charge in [0.05, 0.1) is 0 Å². The SMILES string of the molecule is C=CNC(=O)/C=C(\N)CN. The monoisotopic (exact) mass is 141 g/mol. The van der Waals surface area contributed by atoms with Crippen molar-refractivity contribution in [2.45, 2.75) is 0 Å². The van der Waals surface area contributed by atoms with Crippen LogP contribution >= 0.6 is 0 Å². The first kappa shape index (κ1) is 8.71. The van der Waals surface area contributed by atoms with Crippen LogP contribution in [0.5, 0.6) is 0 Å². The molecule has 4 heteroatoms. The van der Waals surface area contributed by atoms with E-state index in [0.717, 1.165) is 0 Å². The van der Waals surface area contributed by atoms with E-state index in [1.807, 2.05) is 0 Å². The fraction of sp³-hybridized carbons (Fsp3) is 0.167. The van der Waals surface area contributed by atoms with Crippen molar-refractivity contribution in [1.82, 2.24) is 5.32 Å². The summed E-state index contributed by atoms with van der Waals surface area (Å²) >= 11 is 0. The Morgan fingerprint density at radius 3 is 2.70 bits per heavy atom. The third kappa shape index (κ3) is 3.68. The Bertz CT molecular complexity index is 162. The zero-order valence-electron chi connectivity index (χ0n) is 5.63. The van der Waals surface area contributed by atoms with Crippen molar-refractivity contribution < 1.29 is 4.79 Å². The number of hydrogen-bond donors (Lipinski definition) is 3. The number of carbonyl (C=O) groups is 1. The average molecular weight is 141 g/mol. The van der Waals surface area contributed by atoms with Gasteiger partial charge >= 0.3 is 0 Å². The van der Waals surface area contributed by atoms with Crippen LogP contribution in [0.25, 0.3) is 0 Å². The molecule has 0 saturated heterocycles. The molecule has 0 radical (unpaired) electrons. The van der Waals surface area contributed by atoms with Crippen LogP contribution in [0.15, 0.2) is 24.6 Å². The molecule has 0 heterocycles. The summed E-state index contributed by atoms with van der Waals surface area (Å²) in [7, 11) is 0. The van der Waals surface area contributed by atoms with E-state index in [1.165, 1.54) is 12.3 Å².